The van der Waals surface area contributed by atoms with Crippen molar-refractivity contribution in [2.45, 2.75) is 39.0 Å². The molecule has 0 radical (unpaired) electrons. The van der Waals surface area contributed by atoms with Crippen molar-refractivity contribution < 1.29 is 9.31 Å². The topological polar surface area (TPSA) is 66.9 Å². The van der Waals surface area contributed by atoms with Crippen LogP contribution in [0.5, 0.6) is 0 Å². The van der Waals surface area contributed by atoms with Crippen LogP contribution in [0.2, 0.25) is 0 Å². The molecule has 4 nitrogen and oxygen atoms in total. The van der Waals surface area contributed by atoms with Crippen LogP contribution in [0, 0.1) is 38.6 Å². The second-order valence-corrected chi connectivity index (χ2v) is 5.79. The Bertz CT molecular complexity index is 557. The summed E-state index contributed by atoms with van der Waals surface area (Å²) in [5.74, 6) is -0.199. The van der Waals surface area contributed by atoms with Crippen LogP contribution in [0.1, 0.15) is 38.2 Å². The van der Waals surface area contributed by atoms with E-state index in [1.54, 1.807) is 6.07 Å². The number of nitro groups is 1. The molecule has 5 heteroatoms. The predicted molar refractivity (Wildman–Crippen MR) is 72.4 cm³/mol. The van der Waals surface area contributed by atoms with Gasteiger partial charge >= 0.3 is 5.69 Å². The van der Waals surface area contributed by atoms with Gasteiger partial charge in [0.2, 0.25) is 5.82 Å². The Kier molecular flexibility index (Phi) is 4.03. The summed E-state index contributed by atoms with van der Waals surface area (Å²) in [5.41, 5.74) is -0.309. The third-order valence-corrected chi connectivity index (χ3v) is 4.22. The highest BCUT2D eigenvalue weighted by molar-refractivity contribution is 5.35. The van der Waals surface area contributed by atoms with Gasteiger partial charge in [0, 0.05) is 6.07 Å². The van der Waals surface area contributed by atoms with Gasteiger partial charge in [-0.3, -0.25) is 10.1 Å². The van der Waals surface area contributed by atoms with Crippen LogP contribution in [0.25, 0.3) is 0 Å². The highest BCUT2D eigenvalue weighted by atomic mass is 19.1. The maximum atomic E-state index is 13.6. The average Bonchev–Trinajstić information content (AvgIpc) is 2.41. The van der Waals surface area contributed by atoms with Crippen LogP contribution < -0.4 is 0 Å². The van der Waals surface area contributed by atoms with E-state index in [0.29, 0.717) is 17.9 Å². The lowest BCUT2D eigenvalue weighted by atomic mass is 9.69. The van der Waals surface area contributed by atoms with E-state index in [2.05, 4.69) is 13.0 Å². The lowest BCUT2D eigenvalue weighted by Gasteiger charge is -2.33. The standard InChI is InChI=1S/C15H17FN2O2/c1-11-4-6-15(10-17,7-5-11)9-12-2-3-14(18(19)20)13(16)8-12/h2-3,8,11H,4-7,9H2,1H3. The second-order valence-electron chi connectivity index (χ2n) is 5.79. The molecule has 1 aromatic carbocycles. The third kappa shape index (κ3) is 2.96. The summed E-state index contributed by atoms with van der Waals surface area (Å²) in [6.07, 6.45) is 4.09. The quantitative estimate of drug-likeness (QED) is 0.619. The Morgan fingerprint density at radius 3 is 2.65 bits per heavy atom. The van der Waals surface area contributed by atoms with Crippen LogP contribution in [-0.2, 0) is 6.42 Å². The Hall–Kier alpha value is -1.96. The molecule has 20 heavy (non-hydrogen) atoms. The monoisotopic (exact) mass is 276 g/mol. The fourth-order valence-electron chi connectivity index (χ4n) is 2.84. The average molecular weight is 276 g/mol. The summed E-state index contributed by atoms with van der Waals surface area (Å²) in [5, 5.41) is 20.0. The van der Waals surface area contributed by atoms with Crippen LogP contribution in [0.15, 0.2) is 18.2 Å². The van der Waals surface area contributed by atoms with Crippen molar-refractivity contribution in [3.8, 4) is 6.07 Å². The molecule has 1 saturated carbocycles. The molecule has 0 atom stereocenters. The number of nitriles is 1. The molecule has 2 rings (SSSR count). The fraction of sp³-hybridized carbons (Fsp3) is 0.533. The number of benzene rings is 1. The summed E-state index contributed by atoms with van der Waals surface area (Å²) in [6.45, 7) is 2.17. The first-order chi connectivity index (χ1) is 9.46. The Morgan fingerprint density at radius 1 is 1.50 bits per heavy atom. The summed E-state index contributed by atoms with van der Waals surface area (Å²) in [7, 11) is 0. The SMILES string of the molecule is CC1CCC(C#N)(Cc2ccc([N+](=O)[O-])c(F)c2)CC1. The largest absolute Gasteiger partial charge is 0.304 e. The van der Waals surface area contributed by atoms with Gasteiger partial charge in [0.05, 0.1) is 16.4 Å². The molecule has 1 aliphatic carbocycles. The van der Waals surface area contributed by atoms with E-state index in [-0.39, 0.29) is 0 Å². The van der Waals surface area contributed by atoms with E-state index < -0.39 is 21.8 Å². The number of hydrogen-bond donors (Lipinski definition) is 0. The Morgan fingerprint density at radius 2 is 2.15 bits per heavy atom. The number of rotatable bonds is 3. The van der Waals surface area contributed by atoms with Crippen LogP contribution in [0.3, 0.4) is 0 Å². The summed E-state index contributed by atoms with van der Waals surface area (Å²) in [4.78, 5) is 9.86. The molecular weight excluding hydrogens is 259 g/mol. The molecule has 0 aliphatic heterocycles. The number of nitro benzene ring substituents is 1. The smallest absolute Gasteiger partial charge is 0.258 e. The molecule has 106 valence electrons. The molecule has 0 saturated heterocycles. The van der Waals surface area contributed by atoms with Crippen molar-refractivity contribution >= 4 is 5.69 Å². The normalized spacial score (nSPS) is 25.9. The summed E-state index contributed by atoms with van der Waals surface area (Å²) < 4.78 is 13.6. The third-order valence-electron chi connectivity index (χ3n) is 4.22. The van der Waals surface area contributed by atoms with Gasteiger partial charge in [0.25, 0.3) is 0 Å². The minimum Gasteiger partial charge on any atom is -0.258 e. The van der Waals surface area contributed by atoms with Crippen molar-refractivity contribution in [3.05, 3.63) is 39.7 Å². The molecule has 1 aromatic rings. The van der Waals surface area contributed by atoms with Crippen LogP contribution in [-0.4, -0.2) is 4.92 Å². The van der Waals surface area contributed by atoms with E-state index in [1.165, 1.54) is 12.1 Å². The van der Waals surface area contributed by atoms with Gasteiger partial charge in [0.15, 0.2) is 0 Å². The van der Waals surface area contributed by atoms with E-state index >= 15 is 0 Å². The molecule has 0 unspecified atom stereocenters. The molecule has 1 aliphatic rings. The number of nitrogens with zero attached hydrogens (tertiary/aromatic N) is 2. The lowest BCUT2D eigenvalue weighted by Crippen LogP contribution is -2.27. The van der Waals surface area contributed by atoms with Crippen molar-refractivity contribution in [2.24, 2.45) is 11.3 Å². The van der Waals surface area contributed by atoms with Crippen molar-refractivity contribution in [1.29, 1.82) is 5.26 Å². The second kappa shape index (κ2) is 5.58. The Labute approximate surface area is 117 Å². The van der Waals surface area contributed by atoms with E-state index in [0.717, 1.165) is 25.7 Å². The number of halogens is 1. The van der Waals surface area contributed by atoms with Crippen molar-refractivity contribution in [1.82, 2.24) is 0 Å². The van der Waals surface area contributed by atoms with E-state index in [1.807, 2.05) is 0 Å². The molecule has 0 aromatic heterocycles. The Balaban J connectivity index is 2.19. The zero-order valence-electron chi connectivity index (χ0n) is 11.4. The first-order valence-corrected chi connectivity index (χ1v) is 6.80. The van der Waals surface area contributed by atoms with Gasteiger partial charge in [-0.1, -0.05) is 13.0 Å². The molecule has 0 spiro atoms. The van der Waals surface area contributed by atoms with Crippen molar-refractivity contribution in [2.75, 3.05) is 0 Å². The highest BCUT2D eigenvalue weighted by Gasteiger charge is 2.34. The van der Waals surface area contributed by atoms with Gasteiger partial charge in [-0.15, -0.1) is 0 Å². The molecule has 0 amide bonds. The van der Waals surface area contributed by atoms with Gasteiger partial charge in [-0.05, 0) is 49.7 Å². The lowest BCUT2D eigenvalue weighted by molar-refractivity contribution is -0.387. The van der Waals surface area contributed by atoms with Gasteiger partial charge in [-0.25, -0.2) is 0 Å². The maximum absolute atomic E-state index is 13.6. The van der Waals surface area contributed by atoms with Gasteiger partial charge < -0.3 is 0 Å². The van der Waals surface area contributed by atoms with Crippen LogP contribution in [0.4, 0.5) is 10.1 Å². The number of hydrogen-bond acceptors (Lipinski definition) is 3. The zero-order valence-corrected chi connectivity index (χ0v) is 11.4. The highest BCUT2D eigenvalue weighted by Crippen LogP contribution is 2.41. The predicted octanol–water partition coefficient (Wildman–Crippen LogP) is 4.00. The zero-order chi connectivity index (χ0) is 14.8. The summed E-state index contributed by atoms with van der Waals surface area (Å²) >= 11 is 0. The molecule has 0 heterocycles. The maximum Gasteiger partial charge on any atom is 0.304 e. The first-order valence-electron chi connectivity index (χ1n) is 6.80. The summed E-state index contributed by atoms with van der Waals surface area (Å²) in [6, 6.07) is 6.31. The van der Waals surface area contributed by atoms with Crippen molar-refractivity contribution in [3.63, 3.8) is 0 Å². The molecule has 0 bridgehead atoms. The fourth-order valence-corrected chi connectivity index (χ4v) is 2.84. The molecule has 1 fully saturated rings. The minimum absolute atomic E-state index is 0.449. The first kappa shape index (κ1) is 14.4. The van der Waals surface area contributed by atoms with E-state index in [4.69, 9.17) is 0 Å². The van der Waals surface area contributed by atoms with Gasteiger partial charge in [-0.2, -0.15) is 9.65 Å². The molecular formula is C15H17FN2O2. The van der Waals surface area contributed by atoms with Gasteiger partial charge in [0.1, 0.15) is 0 Å². The van der Waals surface area contributed by atoms with Crippen LogP contribution >= 0.6 is 0 Å². The van der Waals surface area contributed by atoms with E-state index in [9.17, 15) is 19.8 Å². The molecule has 0 N–H and O–H groups in total. The minimum atomic E-state index is -0.829.